The van der Waals surface area contributed by atoms with Crippen LogP contribution in [-0.4, -0.2) is 5.91 Å². The van der Waals surface area contributed by atoms with E-state index in [4.69, 9.17) is 0 Å². The predicted octanol–water partition coefficient (Wildman–Crippen LogP) is 4.16. The molecule has 0 unspecified atom stereocenters. The molecule has 0 aliphatic carbocycles. The largest absolute Gasteiger partial charge is 0.416 e. The van der Waals surface area contributed by atoms with Gasteiger partial charge in [-0.05, 0) is 29.6 Å². The van der Waals surface area contributed by atoms with Crippen molar-refractivity contribution in [1.82, 2.24) is 0 Å². The van der Waals surface area contributed by atoms with Gasteiger partial charge in [0.2, 0.25) is 0 Å². The number of halogens is 4. The Kier molecular flexibility index (Phi) is 3.57. The molecule has 1 aromatic heterocycles. The molecule has 1 N–H and O–H groups in total. The molecule has 100 valence electrons. The van der Waals surface area contributed by atoms with E-state index >= 15 is 0 Å². The molecule has 0 saturated heterocycles. The maximum Gasteiger partial charge on any atom is 0.416 e. The normalized spacial score (nSPS) is 11.4. The molecule has 0 radical (unpaired) electrons. The van der Waals surface area contributed by atoms with Crippen LogP contribution in [0.1, 0.15) is 15.2 Å². The first kappa shape index (κ1) is 13.5. The lowest BCUT2D eigenvalue weighted by atomic mass is 10.2. The highest BCUT2D eigenvalue weighted by Crippen LogP contribution is 2.32. The Morgan fingerprint density at radius 2 is 1.95 bits per heavy atom. The summed E-state index contributed by atoms with van der Waals surface area (Å²) in [4.78, 5) is 11.9. The van der Waals surface area contributed by atoms with E-state index in [-0.39, 0.29) is 4.88 Å². The first-order valence-electron chi connectivity index (χ1n) is 5.09. The van der Waals surface area contributed by atoms with Crippen molar-refractivity contribution in [1.29, 1.82) is 0 Å². The number of amides is 1. The van der Waals surface area contributed by atoms with Crippen LogP contribution >= 0.6 is 11.3 Å². The van der Waals surface area contributed by atoms with Gasteiger partial charge in [-0.25, -0.2) is 4.39 Å². The highest BCUT2D eigenvalue weighted by atomic mass is 32.1. The van der Waals surface area contributed by atoms with Crippen LogP contribution in [0.15, 0.2) is 35.7 Å². The highest BCUT2D eigenvalue weighted by Gasteiger charge is 2.31. The fraction of sp³-hybridized carbons (Fsp3) is 0.0833. The molecule has 0 atom stereocenters. The number of nitrogens with one attached hydrogen (secondary N) is 1. The Bertz CT molecular complexity index is 592. The van der Waals surface area contributed by atoms with Gasteiger partial charge < -0.3 is 5.32 Å². The van der Waals surface area contributed by atoms with Gasteiger partial charge in [0, 0.05) is 0 Å². The maximum absolute atomic E-state index is 13.4. The van der Waals surface area contributed by atoms with Crippen LogP contribution in [0.3, 0.4) is 0 Å². The van der Waals surface area contributed by atoms with Gasteiger partial charge in [0.05, 0.1) is 16.1 Å². The summed E-state index contributed by atoms with van der Waals surface area (Å²) in [6.07, 6.45) is -4.59. The summed E-state index contributed by atoms with van der Waals surface area (Å²) in [5, 5.41) is 3.76. The number of rotatable bonds is 2. The van der Waals surface area contributed by atoms with Gasteiger partial charge in [-0.15, -0.1) is 11.3 Å². The standard InChI is InChI=1S/C12H7F4NOS/c13-8-4-3-7(12(14,15)16)6-9(8)17-11(18)10-2-1-5-19-10/h1-6H,(H,17,18). The molecule has 1 amide bonds. The van der Waals surface area contributed by atoms with Gasteiger partial charge in [-0.3, -0.25) is 4.79 Å². The van der Waals surface area contributed by atoms with Crippen molar-refractivity contribution in [2.75, 3.05) is 5.32 Å². The summed E-state index contributed by atoms with van der Waals surface area (Å²) in [5.74, 6) is -1.56. The minimum Gasteiger partial charge on any atom is -0.319 e. The molecule has 2 nitrogen and oxygen atoms in total. The number of anilines is 1. The number of alkyl halides is 3. The van der Waals surface area contributed by atoms with Crippen molar-refractivity contribution < 1.29 is 22.4 Å². The molecule has 0 fully saturated rings. The van der Waals surface area contributed by atoms with Gasteiger partial charge >= 0.3 is 6.18 Å². The topological polar surface area (TPSA) is 29.1 Å². The molecule has 2 aromatic rings. The van der Waals surface area contributed by atoms with Crippen molar-refractivity contribution >= 4 is 22.9 Å². The number of hydrogen-bond acceptors (Lipinski definition) is 2. The summed E-state index contributed by atoms with van der Waals surface area (Å²) >= 11 is 1.11. The average Bonchev–Trinajstić information content (AvgIpc) is 2.84. The lowest BCUT2D eigenvalue weighted by Crippen LogP contribution is -2.13. The van der Waals surface area contributed by atoms with E-state index in [9.17, 15) is 22.4 Å². The van der Waals surface area contributed by atoms with E-state index in [1.54, 1.807) is 11.4 Å². The lowest BCUT2D eigenvalue weighted by molar-refractivity contribution is -0.137. The SMILES string of the molecule is O=C(Nc1cc(C(F)(F)F)ccc1F)c1cccs1. The Labute approximate surface area is 109 Å². The quantitative estimate of drug-likeness (QED) is 0.826. The zero-order chi connectivity index (χ0) is 14.0. The Morgan fingerprint density at radius 1 is 1.21 bits per heavy atom. The summed E-state index contributed by atoms with van der Waals surface area (Å²) < 4.78 is 50.8. The van der Waals surface area contributed by atoms with E-state index in [1.807, 2.05) is 0 Å². The molecule has 0 aliphatic rings. The van der Waals surface area contributed by atoms with Gasteiger partial charge in [-0.1, -0.05) is 6.07 Å². The molecule has 1 aromatic carbocycles. The van der Waals surface area contributed by atoms with Gasteiger partial charge in [0.15, 0.2) is 0 Å². The molecular formula is C12H7F4NOS. The summed E-state index contributed by atoms with van der Waals surface area (Å²) in [7, 11) is 0. The molecule has 1 heterocycles. The second kappa shape index (κ2) is 5.00. The smallest absolute Gasteiger partial charge is 0.319 e. The molecule has 0 spiro atoms. The summed E-state index contributed by atoms with van der Waals surface area (Å²) in [6.45, 7) is 0. The number of carbonyl (C=O) groups excluding carboxylic acids is 1. The molecule has 0 bridgehead atoms. The van der Waals surface area contributed by atoms with Gasteiger partial charge in [-0.2, -0.15) is 13.2 Å². The maximum atomic E-state index is 13.4. The second-order valence-electron chi connectivity index (χ2n) is 3.62. The second-order valence-corrected chi connectivity index (χ2v) is 4.57. The summed E-state index contributed by atoms with van der Waals surface area (Å²) in [5.41, 5.74) is -1.51. The summed E-state index contributed by atoms with van der Waals surface area (Å²) in [6, 6.07) is 4.97. The Balaban J connectivity index is 2.27. The van der Waals surface area contributed by atoms with E-state index in [0.717, 1.165) is 11.3 Å². The third kappa shape index (κ3) is 3.11. The molecule has 7 heteroatoms. The minimum absolute atomic E-state index is 0.289. The average molecular weight is 289 g/mol. The van der Waals surface area contributed by atoms with Gasteiger partial charge in [0.25, 0.3) is 5.91 Å². The highest BCUT2D eigenvalue weighted by molar-refractivity contribution is 7.12. The van der Waals surface area contributed by atoms with E-state index < -0.39 is 29.2 Å². The molecule has 0 aliphatic heterocycles. The molecule has 2 rings (SSSR count). The number of thiophene rings is 1. The monoisotopic (exact) mass is 289 g/mol. The van der Waals surface area contributed by atoms with Crippen LogP contribution in [0.2, 0.25) is 0 Å². The molecular weight excluding hydrogens is 282 g/mol. The molecule has 0 saturated carbocycles. The van der Waals surface area contributed by atoms with Crippen LogP contribution < -0.4 is 5.32 Å². The van der Waals surface area contributed by atoms with E-state index in [2.05, 4.69) is 5.32 Å². The van der Waals surface area contributed by atoms with E-state index in [0.29, 0.717) is 18.2 Å². The Morgan fingerprint density at radius 3 is 2.53 bits per heavy atom. The zero-order valence-electron chi connectivity index (χ0n) is 9.29. The van der Waals surface area contributed by atoms with E-state index in [1.165, 1.54) is 6.07 Å². The fourth-order valence-corrected chi connectivity index (χ4v) is 2.01. The number of carbonyl (C=O) groups is 1. The number of hydrogen-bond donors (Lipinski definition) is 1. The van der Waals surface area contributed by atoms with Gasteiger partial charge in [0.1, 0.15) is 5.82 Å². The minimum atomic E-state index is -4.59. The van der Waals surface area contributed by atoms with Crippen molar-refractivity contribution in [2.24, 2.45) is 0 Å². The van der Waals surface area contributed by atoms with Crippen LogP contribution in [0.4, 0.5) is 23.2 Å². The lowest BCUT2D eigenvalue weighted by Gasteiger charge is -2.10. The van der Waals surface area contributed by atoms with Crippen LogP contribution in [0, 0.1) is 5.82 Å². The van der Waals surface area contributed by atoms with Crippen molar-refractivity contribution in [3.8, 4) is 0 Å². The van der Waals surface area contributed by atoms with Crippen molar-refractivity contribution in [3.05, 3.63) is 52.0 Å². The van der Waals surface area contributed by atoms with Crippen LogP contribution in [0.5, 0.6) is 0 Å². The number of benzene rings is 1. The molecule has 19 heavy (non-hydrogen) atoms. The fourth-order valence-electron chi connectivity index (χ4n) is 1.39. The third-order valence-corrected chi connectivity index (χ3v) is 3.16. The van der Waals surface area contributed by atoms with Crippen molar-refractivity contribution in [2.45, 2.75) is 6.18 Å². The zero-order valence-corrected chi connectivity index (χ0v) is 10.1. The third-order valence-electron chi connectivity index (χ3n) is 2.29. The first-order valence-corrected chi connectivity index (χ1v) is 5.97. The Hall–Kier alpha value is -1.89. The van der Waals surface area contributed by atoms with Crippen molar-refractivity contribution in [3.63, 3.8) is 0 Å². The van der Waals surface area contributed by atoms with Crippen LogP contribution in [-0.2, 0) is 6.18 Å². The van der Waals surface area contributed by atoms with Crippen LogP contribution in [0.25, 0.3) is 0 Å². The first-order chi connectivity index (χ1) is 8.88. The predicted molar refractivity (Wildman–Crippen MR) is 63.7 cm³/mol.